The van der Waals surface area contributed by atoms with E-state index in [0.29, 0.717) is 33.7 Å². The molecule has 350 valence electrons. The Morgan fingerprint density at radius 2 is 1.58 bits per heavy atom. The molecule has 13 N–H and O–H groups in total. The van der Waals surface area contributed by atoms with Crippen LogP contribution in [0.5, 0.6) is 5.75 Å². The Hall–Kier alpha value is -5.98. The fraction of sp³-hybridized carbons (Fsp3) is 0.575. The zero-order valence-corrected chi connectivity index (χ0v) is 36.5. The number of nitrogens with one attached hydrogen (secondary N) is 8. The third kappa shape index (κ3) is 11.8. The first-order valence-corrected chi connectivity index (χ1v) is 21.8. The van der Waals surface area contributed by atoms with Gasteiger partial charge in [0.15, 0.2) is 0 Å². The van der Waals surface area contributed by atoms with E-state index < -0.39 is 146 Å². The molecule has 10 atom stereocenters. The van der Waals surface area contributed by atoms with Crippen molar-refractivity contribution in [1.82, 2.24) is 47.1 Å². The maximum Gasteiger partial charge on any atom is 0.246 e. The molecular weight excluding hydrogens is 861 g/mol. The van der Waals surface area contributed by atoms with Crippen LogP contribution in [0.25, 0.3) is 10.9 Å². The van der Waals surface area contributed by atoms with E-state index in [0.717, 1.165) is 16.7 Å². The minimum Gasteiger partial charge on any atom is -0.497 e. The zero-order valence-electron chi connectivity index (χ0n) is 35.7. The van der Waals surface area contributed by atoms with Gasteiger partial charge in [-0.3, -0.25) is 43.2 Å². The summed E-state index contributed by atoms with van der Waals surface area (Å²) < 4.78 is 5.41. The summed E-state index contributed by atoms with van der Waals surface area (Å²) in [6.07, 6.45) is -3.92. The first-order valence-electron chi connectivity index (χ1n) is 20.8. The van der Waals surface area contributed by atoms with Gasteiger partial charge in [0, 0.05) is 42.5 Å². The van der Waals surface area contributed by atoms with Crippen molar-refractivity contribution in [3.63, 3.8) is 0 Å². The van der Waals surface area contributed by atoms with Crippen molar-refractivity contribution in [2.75, 3.05) is 39.1 Å². The number of aromatic amines is 1. The molecule has 2 bridgehead atoms. The number of amides is 9. The number of carbonyl (C=O) groups is 9. The zero-order chi connectivity index (χ0) is 47.0. The summed E-state index contributed by atoms with van der Waals surface area (Å²) in [6.45, 7) is 2.16. The molecule has 0 radical (unpaired) electrons. The quantitative estimate of drug-likeness (QED) is 0.119. The monoisotopic (exact) mass is 916 g/mol. The largest absolute Gasteiger partial charge is 0.497 e. The third-order valence-electron chi connectivity index (χ3n) is 11.6. The third-order valence-corrected chi connectivity index (χ3v) is 12.7. The maximum atomic E-state index is 14.5. The molecule has 3 aliphatic rings. The molecule has 64 heavy (non-hydrogen) atoms. The van der Waals surface area contributed by atoms with Crippen LogP contribution < -0.4 is 47.7 Å². The second-order valence-electron chi connectivity index (χ2n) is 16.1. The average Bonchev–Trinajstić information content (AvgIpc) is 3.83. The van der Waals surface area contributed by atoms with Crippen LogP contribution in [0.4, 0.5) is 0 Å². The Kier molecular flexibility index (Phi) is 16.6. The van der Waals surface area contributed by atoms with Gasteiger partial charge in [0.25, 0.3) is 0 Å². The number of hydrogen-bond donors (Lipinski definition) is 12. The molecule has 1 unspecified atom stereocenters. The van der Waals surface area contributed by atoms with E-state index in [-0.39, 0.29) is 18.6 Å². The van der Waals surface area contributed by atoms with Gasteiger partial charge in [-0.25, -0.2) is 0 Å². The second-order valence-corrected chi connectivity index (χ2v) is 17.2. The number of aromatic nitrogens is 1. The molecule has 5 rings (SSSR count). The van der Waals surface area contributed by atoms with E-state index in [1.807, 2.05) is 0 Å². The topological polar surface area (TPSA) is 353 Å². The average molecular weight is 917 g/mol. The summed E-state index contributed by atoms with van der Waals surface area (Å²) >= 11 is 0.998. The standard InChI is InChI=1S/C40H56N10O13S/c1-5-17(2)32-37(60)43-12-30(55)44-26-16-64-39-22(21-7-6-20(63-4)9-23(21)47-39)10-24(34(57)42-13-31(56)48-32)45-38(61)33(18(3)28(53)15-51)49-36(59)27-8-19(52)14-50(27)40(62)25(11-29(41)54)46-35(26)58/h6-7,9,17-19,24-28,32-33,47,51-53H,5,8,10-16H2,1-4H3,(H2,41,54)(H,42,57)(H,43,60)(H,44,55)(H,45,61)(H,46,58)(H,48,56)(H,49,59)/t17-,18-,19+,24-,25-,26+,27?,28-,32-,33+/m0/s1. The van der Waals surface area contributed by atoms with Crippen LogP contribution in [-0.4, -0.2) is 166 Å². The van der Waals surface area contributed by atoms with Gasteiger partial charge >= 0.3 is 0 Å². The van der Waals surface area contributed by atoms with Crippen LogP contribution >= 0.6 is 11.8 Å². The van der Waals surface area contributed by atoms with Crippen molar-refractivity contribution in [2.24, 2.45) is 17.6 Å². The normalized spacial score (nSPS) is 27.3. The van der Waals surface area contributed by atoms with Gasteiger partial charge in [-0.2, -0.15) is 0 Å². The summed E-state index contributed by atoms with van der Waals surface area (Å²) in [5, 5.41) is 49.9. The van der Waals surface area contributed by atoms with Crippen LogP contribution in [0.1, 0.15) is 45.6 Å². The number of aliphatic hydroxyl groups excluding tert-OH is 3. The minimum absolute atomic E-state index is 0.277. The summed E-state index contributed by atoms with van der Waals surface area (Å²) in [5.74, 6) is -9.89. The van der Waals surface area contributed by atoms with Crippen molar-refractivity contribution in [3.8, 4) is 5.75 Å². The molecule has 3 aliphatic heterocycles. The van der Waals surface area contributed by atoms with E-state index in [9.17, 15) is 58.5 Å². The van der Waals surface area contributed by atoms with E-state index in [2.05, 4.69) is 42.2 Å². The Morgan fingerprint density at radius 1 is 0.891 bits per heavy atom. The van der Waals surface area contributed by atoms with Crippen LogP contribution in [0.3, 0.4) is 0 Å². The van der Waals surface area contributed by atoms with Gasteiger partial charge in [-0.1, -0.05) is 27.2 Å². The molecular formula is C40H56N10O13S. The van der Waals surface area contributed by atoms with Crippen molar-refractivity contribution in [3.05, 3.63) is 23.8 Å². The first-order chi connectivity index (χ1) is 30.3. The molecule has 1 aromatic carbocycles. The number of nitrogens with zero attached hydrogens (tertiary/aromatic N) is 1. The number of benzene rings is 1. The van der Waals surface area contributed by atoms with Crippen molar-refractivity contribution >= 4 is 75.8 Å². The summed E-state index contributed by atoms with van der Waals surface area (Å²) in [7, 11) is 1.45. The van der Waals surface area contributed by atoms with Crippen molar-refractivity contribution in [1.29, 1.82) is 0 Å². The molecule has 0 spiro atoms. The number of hydrogen-bond acceptors (Lipinski definition) is 14. The van der Waals surface area contributed by atoms with Crippen LogP contribution in [-0.2, 0) is 49.6 Å². The van der Waals surface area contributed by atoms with Crippen molar-refractivity contribution < 1.29 is 63.2 Å². The highest BCUT2D eigenvalue weighted by atomic mass is 32.2. The predicted octanol–water partition coefficient (Wildman–Crippen LogP) is -4.63. The number of rotatable bonds is 8. The van der Waals surface area contributed by atoms with Crippen LogP contribution in [0, 0.1) is 11.8 Å². The van der Waals surface area contributed by atoms with Crippen LogP contribution in [0.2, 0.25) is 0 Å². The number of thioether (sulfide) groups is 1. The molecule has 4 heterocycles. The highest BCUT2D eigenvalue weighted by molar-refractivity contribution is 7.99. The van der Waals surface area contributed by atoms with E-state index in [1.165, 1.54) is 14.0 Å². The molecule has 23 nitrogen and oxygen atoms in total. The van der Waals surface area contributed by atoms with Gasteiger partial charge in [0.1, 0.15) is 42.0 Å². The van der Waals surface area contributed by atoms with Gasteiger partial charge in [-0.15, -0.1) is 11.8 Å². The molecule has 9 amide bonds. The Labute approximate surface area is 371 Å². The number of ether oxygens (including phenoxy) is 1. The van der Waals surface area contributed by atoms with Crippen molar-refractivity contribution in [2.45, 2.75) is 99.9 Å². The maximum absolute atomic E-state index is 14.5. The lowest BCUT2D eigenvalue weighted by Crippen LogP contribution is -2.62. The fourth-order valence-electron chi connectivity index (χ4n) is 7.68. The highest BCUT2D eigenvalue weighted by Gasteiger charge is 2.45. The lowest BCUT2D eigenvalue weighted by molar-refractivity contribution is -0.144. The van der Waals surface area contributed by atoms with Gasteiger partial charge in [-0.05, 0) is 23.6 Å². The van der Waals surface area contributed by atoms with Gasteiger partial charge in [0.05, 0.1) is 56.0 Å². The Bertz CT molecular complexity index is 2140. The van der Waals surface area contributed by atoms with Crippen LogP contribution in [0.15, 0.2) is 23.2 Å². The van der Waals surface area contributed by atoms with E-state index >= 15 is 0 Å². The minimum atomic E-state index is -1.73. The second kappa shape index (κ2) is 21.6. The number of fused-ring (bicyclic) bond motifs is 5. The van der Waals surface area contributed by atoms with Gasteiger partial charge < -0.3 is 72.9 Å². The predicted molar refractivity (Wildman–Crippen MR) is 227 cm³/mol. The Morgan fingerprint density at radius 3 is 2.23 bits per heavy atom. The number of aliphatic hydroxyl groups is 3. The molecule has 0 aliphatic carbocycles. The number of carbonyl (C=O) groups excluding carboxylic acids is 9. The number of primary amides is 1. The number of H-pyrrole nitrogens is 1. The molecule has 2 aromatic rings. The lowest BCUT2D eigenvalue weighted by atomic mass is 9.93. The van der Waals surface area contributed by atoms with Gasteiger partial charge in [0.2, 0.25) is 53.2 Å². The SMILES string of the molecule is CC[C@H](C)[C@@H]1NC(=O)CNC(=O)[C@@H]2Cc3c([nH]c4cc(OC)ccc34)SC[C@@H](NC(=O)CNC1=O)C(=O)N[C@@H](CC(N)=O)C(=O)N1C[C@H](O)CC1C(=O)N[C@H]([C@@H](C)[C@@H](O)CO)C(=O)N2. The number of nitrogens with two attached hydrogens (primary N) is 1. The molecule has 1 fully saturated rings. The summed E-state index contributed by atoms with van der Waals surface area (Å²) in [4.78, 5) is 128. The summed E-state index contributed by atoms with van der Waals surface area (Å²) in [6, 6.07) is -4.19. The smallest absolute Gasteiger partial charge is 0.246 e. The number of methoxy groups -OCH3 is 1. The molecule has 1 aromatic heterocycles. The molecule has 1 saturated heterocycles. The highest BCUT2D eigenvalue weighted by Crippen LogP contribution is 2.34. The first kappa shape index (κ1) is 49.0. The molecule has 0 saturated carbocycles. The van der Waals surface area contributed by atoms with E-state index in [1.54, 1.807) is 32.0 Å². The molecule has 24 heteroatoms. The fourth-order valence-corrected chi connectivity index (χ4v) is 8.80. The Balaban J connectivity index is 1.71. The summed E-state index contributed by atoms with van der Waals surface area (Å²) in [5.41, 5.74) is 6.42. The van der Waals surface area contributed by atoms with E-state index in [4.69, 9.17) is 10.5 Å². The lowest BCUT2D eigenvalue weighted by Gasteiger charge is -2.32.